The van der Waals surface area contributed by atoms with Gasteiger partial charge in [-0.3, -0.25) is 9.89 Å². The number of hydrogen-bond donors (Lipinski definition) is 2. The van der Waals surface area contributed by atoms with E-state index in [0.717, 1.165) is 22.4 Å². The maximum absolute atomic E-state index is 11.1. The summed E-state index contributed by atoms with van der Waals surface area (Å²) < 4.78 is 0. The number of hydrogen-bond acceptors (Lipinski definition) is 2. The predicted octanol–water partition coefficient (Wildman–Crippen LogP) is 1.79. The van der Waals surface area contributed by atoms with Crippen LogP contribution in [0.1, 0.15) is 21.6 Å². The van der Waals surface area contributed by atoms with Crippen LogP contribution in [0.3, 0.4) is 0 Å². The molecular weight excluding hydrogens is 202 g/mol. The fourth-order valence-corrected chi connectivity index (χ4v) is 1.71. The summed E-state index contributed by atoms with van der Waals surface area (Å²) in [6.45, 7) is 3.85. The van der Waals surface area contributed by atoms with Crippen molar-refractivity contribution in [2.24, 2.45) is 5.73 Å². The molecule has 1 amide bonds. The van der Waals surface area contributed by atoms with Gasteiger partial charge in [-0.15, -0.1) is 0 Å². The number of primary amides is 1. The second-order valence-corrected chi connectivity index (χ2v) is 3.81. The minimum atomic E-state index is -0.482. The summed E-state index contributed by atoms with van der Waals surface area (Å²) in [6.07, 6.45) is 0. The number of nitrogens with two attached hydrogens (primary N) is 1. The van der Waals surface area contributed by atoms with Gasteiger partial charge in [0.2, 0.25) is 0 Å². The summed E-state index contributed by atoms with van der Waals surface area (Å²) >= 11 is 0. The Morgan fingerprint density at radius 2 is 2.12 bits per heavy atom. The normalized spacial score (nSPS) is 10.4. The van der Waals surface area contributed by atoms with Crippen LogP contribution in [0.4, 0.5) is 0 Å². The highest BCUT2D eigenvalue weighted by Gasteiger charge is 2.14. The number of benzene rings is 1. The summed E-state index contributed by atoms with van der Waals surface area (Å²) in [7, 11) is 0. The van der Waals surface area contributed by atoms with Crippen LogP contribution in [0, 0.1) is 13.8 Å². The molecule has 16 heavy (non-hydrogen) atoms. The Morgan fingerprint density at radius 3 is 2.69 bits per heavy atom. The largest absolute Gasteiger partial charge is 0.364 e. The van der Waals surface area contributed by atoms with Crippen LogP contribution in [0.5, 0.6) is 0 Å². The van der Waals surface area contributed by atoms with Gasteiger partial charge in [0.15, 0.2) is 0 Å². The van der Waals surface area contributed by atoms with Gasteiger partial charge in [0.05, 0.1) is 5.69 Å². The Balaban J connectivity index is 2.53. The maximum Gasteiger partial charge on any atom is 0.267 e. The zero-order valence-electron chi connectivity index (χ0n) is 9.24. The van der Waals surface area contributed by atoms with Crippen molar-refractivity contribution in [3.05, 3.63) is 41.1 Å². The number of amides is 1. The van der Waals surface area contributed by atoms with E-state index in [1.165, 1.54) is 0 Å². The minimum absolute atomic E-state index is 0.372. The molecule has 0 saturated carbocycles. The summed E-state index contributed by atoms with van der Waals surface area (Å²) in [5.41, 5.74) is 9.30. The molecule has 3 N–H and O–H groups in total. The zero-order chi connectivity index (χ0) is 11.7. The quantitative estimate of drug-likeness (QED) is 0.801. The van der Waals surface area contributed by atoms with E-state index < -0.39 is 5.91 Å². The standard InChI is InChI=1S/C12H13N3O/c1-7-4-3-5-9(6-7)10-8(2)11(12(13)16)15-14-10/h3-6H,1-2H3,(H2,13,16)(H,14,15). The molecule has 0 bridgehead atoms. The lowest BCUT2D eigenvalue weighted by Gasteiger charge is -2.00. The summed E-state index contributed by atoms with van der Waals surface area (Å²) in [6, 6.07) is 7.96. The van der Waals surface area contributed by atoms with Crippen LogP contribution in [0.15, 0.2) is 24.3 Å². The van der Waals surface area contributed by atoms with Crippen molar-refractivity contribution in [1.82, 2.24) is 10.2 Å². The molecule has 4 heteroatoms. The lowest BCUT2D eigenvalue weighted by molar-refractivity contribution is 0.0995. The van der Waals surface area contributed by atoms with Crippen LogP contribution < -0.4 is 5.73 Å². The van der Waals surface area contributed by atoms with Gasteiger partial charge in [-0.05, 0) is 19.9 Å². The lowest BCUT2D eigenvalue weighted by Crippen LogP contribution is -2.12. The third-order valence-electron chi connectivity index (χ3n) is 2.55. The van der Waals surface area contributed by atoms with Crippen LogP contribution in [0.2, 0.25) is 0 Å². The Kier molecular flexibility index (Phi) is 2.48. The number of rotatable bonds is 2. The van der Waals surface area contributed by atoms with E-state index in [9.17, 15) is 4.79 Å². The third kappa shape index (κ3) is 1.69. The average molecular weight is 215 g/mol. The van der Waals surface area contributed by atoms with Gasteiger partial charge in [0.25, 0.3) is 5.91 Å². The molecule has 1 aromatic heterocycles. The predicted molar refractivity (Wildman–Crippen MR) is 62.0 cm³/mol. The summed E-state index contributed by atoms with van der Waals surface area (Å²) in [5, 5.41) is 6.79. The van der Waals surface area contributed by atoms with Gasteiger partial charge in [-0.1, -0.05) is 23.8 Å². The van der Waals surface area contributed by atoms with Gasteiger partial charge in [0.1, 0.15) is 5.69 Å². The van der Waals surface area contributed by atoms with Crippen LogP contribution in [-0.2, 0) is 0 Å². The SMILES string of the molecule is Cc1cccc(-c2n[nH]c(C(N)=O)c2C)c1. The Morgan fingerprint density at radius 1 is 1.38 bits per heavy atom. The maximum atomic E-state index is 11.1. The van der Waals surface area contributed by atoms with Crippen molar-refractivity contribution in [3.8, 4) is 11.3 Å². The fraction of sp³-hybridized carbons (Fsp3) is 0.167. The van der Waals surface area contributed by atoms with Crippen LogP contribution >= 0.6 is 0 Å². The molecule has 0 aliphatic heterocycles. The fourth-order valence-electron chi connectivity index (χ4n) is 1.71. The van der Waals surface area contributed by atoms with E-state index >= 15 is 0 Å². The number of nitrogens with zero attached hydrogens (tertiary/aromatic N) is 1. The minimum Gasteiger partial charge on any atom is -0.364 e. The monoisotopic (exact) mass is 215 g/mol. The molecule has 0 spiro atoms. The number of carbonyl (C=O) groups is 1. The Hall–Kier alpha value is -2.10. The number of aryl methyl sites for hydroxylation is 1. The van der Waals surface area contributed by atoms with E-state index in [4.69, 9.17) is 5.73 Å². The molecule has 0 fully saturated rings. The Bertz CT molecular complexity index is 543. The molecular formula is C12H13N3O. The second-order valence-electron chi connectivity index (χ2n) is 3.81. The van der Waals surface area contributed by atoms with Gasteiger partial charge >= 0.3 is 0 Å². The van der Waals surface area contributed by atoms with Crippen LogP contribution in [-0.4, -0.2) is 16.1 Å². The molecule has 1 aromatic carbocycles. The van der Waals surface area contributed by atoms with E-state index in [-0.39, 0.29) is 0 Å². The van der Waals surface area contributed by atoms with Crippen molar-refractivity contribution in [2.75, 3.05) is 0 Å². The zero-order valence-corrected chi connectivity index (χ0v) is 9.24. The molecule has 82 valence electrons. The van der Waals surface area contributed by atoms with E-state index in [1.807, 2.05) is 38.1 Å². The number of carbonyl (C=O) groups excluding carboxylic acids is 1. The first-order valence-electron chi connectivity index (χ1n) is 5.01. The topological polar surface area (TPSA) is 71.8 Å². The van der Waals surface area contributed by atoms with Gasteiger partial charge < -0.3 is 5.73 Å². The molecule has 2 aromatic rings. The van der Waals surface area contributed by atoms with Crippen molar-refractivity contribution in [3.63, 3.8) is 0 Å². The highest BCUT2D eigenvalue weighted by atomic mass is 16.1. The van der Waals surface area contributed by atoms with Gasteiger partial charge in [-0.2, -0.15) is 5.10 Å². The first kappa shape index (κ1) is 10.4. The van der Waals surface area contributed by atoms with Crippen molar-refractivity contribution >= 4 is 5.91 Å². The molecule has 0 aliphatic rings. The van der Waals surface area contributed by atoms with Gasteiger partial charge in [-0.25, -0.2) is 0 Å². The van der Waals surface area contributed by atoms with Crippen molar-refractivity contribution < 1.29 is 4.79 Å². The highest BCUT2D eigenvalue weighted by Crippen LogP contribution is 2.23. The molecule has 0 aliphatic carbocycles. The number of H-pyrrole nitrogens is 1. The molecule has 0 atom stereocenters. The van der Waals surface area contributed by atoms with Crippen LogP contribution in [0.25, 0.3) is 11.3 Å². The third-order valence-corrected chi connectivity index (χ3v) is 2.55. The number of aromatic amines is 1. The van der Waals surface area contributed by atoms with E-state index in [0.29, 0.717) is 5.69 Å². The first-order chi connectivity index (χ1) is 7.59. The molecule has 0 radical (unpaired) electrons. The molecule has 4 nitrogen and oxygen atoms in total. The number of aromatic nitrogens is 2. The van der Waals surface area contributed by atoms with E-state index in [2.05, 4.69) is 10.2 Å². The molecule has 0 unspecified atom stereocenters. The Labute approximate surface area is 93.5 Å². The molecule has 2 rings (SSSR count). The van der Waals surface area contributed by atoms with E-state index in [1.54, 1.807) is 0 Å². The molecule has 0 saturated heterocycles. The second kappa shape index (κ2) is 3.81. The lowest BCUT2D eigenvalue weighted by atomic mass is 10.0. The smallest absolute Gasteiger partial charge is 0.267 e. The summed E-state index contributed by atoms with van der Waals surface area (Å²) in [5.74, 6) is -0.482. The van der Waals surface area contributed by atoms with Crippen molar-refractivity contribution in [2.45, 2.75) is 13.8 Å². The summed E-state index contributed by atoms with van der Waals surface area (Å²) in [4.78, 5) is 11.1. The van der Waals surface area contributed by atoms with Crippen molar-refractivity contribution in [1.29, 1.82) is 0 Å². The average Bonchev–Trinajstić information content (AvgIpc) is 2.60. The first-order valence-corrected chi connectivity index (χ1v) is 5.01. The molecule has 1 heterocycles. The van der Waals surface area contributed by atoms with Gasteiger partial charge in [0, 0.05) is 11.1 Å². The number of nitrogens with one attached hydrogen (secondary N) is 1. The highest BCUT2D eigenvalue weighted by molar-refractivity contribution is 5.94.